The van der Waals surface area contributed by atoms with Gasteiger partial charge < -0.3 is 9.64 Å². The lowest BCUT2D eigenvalue weighted by Gasteiger charge is -2.31. The van der Waals surface area contributed by atoms with Crippen LogP contribution in [0.1, 0.15) is 33.3 Å². The van der Waals surface area contributed by atoms with Gasteiger partial charge in [0, 0.05) is 38.2 Å². The lowest BCUT2D eigenvalue weighted by atomic mass is 10.0. The molecule has 3 aromatic rings. The number of thiophene rings is 1. The maximum Gasteiger partial charge on any atom is 0.262 e. The van der Waals surface area contributed by atoms with Gasteiger partial charge >= 0.3 is 0 Å². The first-order valence-electron chi connectivity index (χ1n) is 12.4. The van der Waals surface area contributed by atoms with E-state index in [9.17, 15) is 14.0 Å². The molecule has 0 saturated carbocycles. The maximum atomic E-state index is 13.9. The molecule has 1 saturated heterocycles. The summed E-state index contributed by atoms with van der Waals surface area (Å²) in [5, 5.41) is 8.23. The molecule has 37 heavy (non-hydrogen) atoms. The number of morpholine rings is 1. The summed E-state index contributed by atoms with van der Waals surface area (Å²) in [6.45, 7) is 3.62. The third kappa shape index (κ3) is 6.12. The summed E-state index contributed by atoms with van der Waals surface area (Å²) in [7, 11) is 0. The van der Waals surface area contributed by atoms with Crippen LogP contribution in [0, 0.1) is 5.82 Å². The largest absolute Gasteiger partial charge is 0.379 e. The van der Waals surface area contributed by atoms with Gasteiger partial charge in [-0.1, -0.05) is 42.5 Å². The highest BCUT2D eigenvalue weighted by Gasteiger charge is 2.35. The Bertz CT molecular complexity index is 1250. The molecule has 192 valence electrons. The predicted molar refractivity (Wildman–Crippen MR) is 141 cm³/mol. The lowest BCUT2D eigenvalue weighted by molar-refractivity contribution is -0.133. The lowest BCUT2D eigenvalue weighted by Crippen LogP contribution is -2.46. The van der Waals surface area contributed by atoms with Gasteiger partial charge in [-0.3, -0.25) is 14.5 Å². The summed E-state index contributed by atoms with van der Waals surface area (Å²) in [5.74, 6) is -1.13. The van der Waals surface area contributed by atoms with Crippen LogP contribution in [0.25, 0.3) is 0 Å². The van der Waals surface area contributed by atoms with Gasteiger partial charge in [0.05, 0.1) is 29.8 Å². The SMILES string of the molecule is O=C(c1cccc(F)c1)N(CCN1CCOCC1)CC(=O)N1N=C(c2cccs2)C[C@@H]1c1ccccc1. The second-order valence-electron chi connectivity index (χ2n) is 9.08. The molecule has 9 heteroatoms. The first-order valence-corrected chi connectivity index (χ1v) is 13.3. The van der Waals surface area contributed by atoms with Gasteiger partial charge in [-0.25, -0.2) is 9.40 Å². The molecule has 5 rings (SSSR count). The molecule has 1 atom stereocenters. The molecule has 2 aliphatic heterocycles. The maximum absolute atomic E-state index is 13.9. The molecule has 2 amide bonds. The molecule has 1 fully saturated rings. The standard InChI is InChI=1S/C28H29FN4O3S/c29-23-9-4-8-22(18-23)28(35)32(12-11-31-13-15-36-16-14-31)20-27(34)33-25(21-6-2-1-3-7-21)19-24(30-33)26-10-5-17-37-26/h1-10,17-18,25H,11-16,19-20H2/t25-/m1/s1. The van der Waals surface area contributed by atoms with Gasteiger partial charge in [-0.2, -0.15) is 5.10 Å². The summed E-state index contributed by atoms with van der Waals surface area (Å²) < 4.78 is 19.3. The summed E-state index contributed by atoms with van der Waals surface area (Å²) >= 11 is 1.59. The number of ether oxygens (including phenoxy) is 1. The molecule has 0 bridgehead atoms. The first-order chi connectivity index (χ1) is 18.1. The first kappa shape index (κ1) is 25.3. The minimum atomic E-state index is -0.487. The van der Waals surface area contributed by atoms with E-state index in [4.69, 9.17) is 9.84 Å². The number of amides is 2. The molecular formula is C28H29FN4O3S. The van der Waals surface area contributed by atoms with Crippen molar-refractivity contribution in [2.24, 2.45) is 5.10 Å². The van der Waals surface area contributed by atoms with Crippen LogP contribution in [0.3, 0.4) is 0 Å². The van der Waals surface area contributed by atoms with Crippen molar-refractivity contribution in [3.63, 3.8) is 0 Å². The Kier molecular flexibility index (Phi) is 8.03. The van der Waals surface area contributed by atoms with Crippen LogP contribution in [-0.2, 0) is 9.53 Å². The van der Waals surface area contributed by atoms with Gasteiger partial charge in [-0.15, -0.1) is 11.3 Å². The molecule has 0 unspecified atom stereocenters. The fourth-order valence-electron chi connectivity index (χ4n) is 4.65. The molecule has 1 aromatic heterocycles. The zero-order valence-electron chi connectivity index (χ0n) is 20.5. The van der Waals surface area contributed by atoms with Crippen LogP contribution in [0.2, 0.25) is 0 Å². The summed E-state index contributed by atoms with van der Waals surface area (Å²) in [5.41, 5.74) is 2.06. The van der Waals surface area contributed by atoms with E-state index in [1.54, 1.807) is 17.4 Å². The zero-order chi connectivity index (χ0) is 25.6. The number of benzene rings is 2. The van der Waals surface area contributed by atoms with Crippen molar-refractivity contribution < 1.29 is 18.7 Å². The average molecular weight is 521 g/mol. The van der Waals surface area contributed by atoms with Crippen LogP contribution < -0.4 is 0 Å². The highest BCUT2D eigenvalue weighted by molar-refractivity contribution is 7.12. The number of carbonyl (C=O) groups excluding carboxylic acids is 2. The van der Waals surface area contributed by atoms with E-state index in [1.165, 1.54) is 28.1 Å². The summed E-state index contributed by atoms with van der Waals surface area (Å²) in [6, 6.07) is 19.1. The fourth-order valence-corrected chi connectivity index (χ4v) is 5.37. The number of rotatable bonds is 8. The molecule has 0 radical (unpaired) electrons. The van der Waals surface area contributed by atoms with Crippen molar-refractivity contribution in [2.75, 3.05) is 45.9 Å². The van der Waals surface area contributed by atoms with E-state index in [2.05, 4.69) is 4.90 Å². The molecule has 2 aromatic carbocycles. The average Bonchev–Trinajstić information content (AvgIpc) is 3.62. The fraction of sp³-hybridized carbons (Fsp3) is 0.321. The number of hydrazone groups is 1. The van der Waals surface area contributed by atoms with Gasteiger partial charge in [-0.05, 0) is 35.2 Å². The molecule has 3 heterocycles. The van der Waals surface area contributed by atoms with E-state index < -0.39 is 5.82 Å². The topological polar surface area (TPSA) is 65.5 Å². The highest BCUT2D eigenvalue weighted by Crippen LogP contribution is 2.33. The molecule has 0 N–H and O–H groups in total. The monoisotopic (exact) mass is 520 g/mol. The number of hydrogen-bond donors (Lipinski definition) is 0. The molecule has 2 aliphatic rings. The van der Waals surface area contributed by atoms with Crippen molar-refractivity contribution in [3.05, 3.63) is 93.9 Å². The van der Waals surface area contributed by atoms with Crippen molar-refractivity contribution in [1.29, 1.82) is 0 Å². The van der Waals surface area contributed by atoms with Crippen LogP contribution in [0.4, 0.5) is 4.39 Å². The second-order valence-corrected chi connectivity index (χ2v) is 10.0. The molecule has 0 aliphatic carbocycles. The van der Waals surface area contributed by atoms with Gasteiger partial charge in [0.25, 0.3) is 11.8 Å². The van der Waals surface area contributed by atoms with Gasteiger partial charge in [0.2, 0.25) is 0 Å². The van der Waals surface area contributed by atoms with Crippen molar-refractivity contribution >= 4 is 28.9 Å². The number of halogens is 1. The Morgan fingerprint density at radius 3 is 2.59 bits per heavy atom. The molecule has 0 spiro atoms. The van der Waals surface area contributed by atoms with Crippen molar-refractivity contribution in [1.82, 2.24) is 14.8 Å². The minimum Gasteiger partial charge on any atom is -0.379 e. The van der Waals surface area contributed by atoms with Crippen LogP contribution in [0.15, 0.2) is 77.2 Å². The van der Waals surface area contributed by atoms with E-state index in [-0.39, 0.29) is 30.0 Å². The Morgan fingerprint density at radius 2 is 1.86 bits per heavy atom. The molecule has 7 nitrogen and oxygen atoms in total. The Morgan fingerprint density at radius 1 is 1.05 bits per heavy atom. The van der Waals surface area contributed by atoms with Gasteiger partial charge in [0.1, 0.15) is 12.4 Å². The third-order valence-corrected chi connectivity index (χ3v) is 7.55. The number of hydrogen-bond acceptors (Lipinski definition) is 6. The van der Waals surface area contributed by atoms with E-state index in [1.807, 2.05) is 47.8 Å². The van der Waals surface area contributed by atoms with Crippen LogP contribution in [-0.4, -0.2) is 78.3 Å². The number of carbonyl (C=O) groups is 2. The van der Waals surface area contributed by atoms with E-state index in [0.29, 0.717) is 32.7 Å². The quantitative estimate of drug-likeness (QED) is 0.450. The third-order valence-electron chi connectivity index (χ3n) is 6.63. The smallest absolute Gasteiger partial charge is 0.262 e. The Balaban J connectivity index is 1.38. The van der Waals surface area contributed by atoms with Gasteiger partial charge in [0.15, 0.2) is 0 Å². The van der Waals surface area contributed by atoms with Crippen molar-refractivity contribution in [3.8, 4) is 0 Å². The normalized spacial score (nSPS) is 18.0. The highest BCUT2D eigenvalue weighted by atomic mass is 32.1. The second kappa shape index (κ2) is 11.8. The Labute approximate surface area is 219 Å². The Hall–Kier alpha value is -3.40. The van der Waals surface area contributed by atoms with Crippen LogP contribution >= 0.6 is 11.3 Å². The zero-order valence-corrected chi connectivity index (χ0v) is 21.3. The summed E-state index contributed by atoms with van der Waals surface area (Å²) in [6.07, 6.45) is 0.599. The predicted octanol–water partition coefficient (Wildman–Crippen LogP) is 4.04. The van der Waals surface area contributed by atoms with E-state index >= 15 is 0 Å². The number of nitrogens with zero attached hydrogens (tertiary/aromatic N) is 4. The summed E-state index contributed by atoms with van der Waals surface area (Å²) in [4.78, 5) is 31.9. The van der Waals surface area contributed by atoms with E-state index in [0.717, 1.165) is 29.2 Å². The van der Waals surface area contributed by atoms with Crippen LogP contribution in [0.5, 0.6) is 0 Å². The molecular weight excluding hydrogens is 491 g/mol. The minimum absolute atomic E-state index is 0.149. The van der Waals surface area contributed by atoms with Crippen molar-refractivity contribution in [2.45, 2.75) is 12.5 Å².